The average Bonchev–Trinajstić information content (AvgIpc) is 2.90. The molecule has 1 aromatic rings. The summed E-state index contributed by atoms with van der Waals surface area (Å²) in [6.45, 7) is 2.52. The van der Waals surface area contributed by atoms with E-state index in [9.17, 15) is 14.4 Å². The molecule has 0 spiro atoms. The lowest BCUT2D eigenvalue weighted by Crippen LogP contribution is -2.53. The standard InChI is InChI=1S/C16H23N3O4/c1-11-5-6-12(14(21)18-11)15(22)19-8-4-7-16(19,10-23-3)9-13(20)17-2/h5-6H,4,7-10H2,1-3H3,(H,17,20)(H,18,21)/t16-/m0/s1. The van der Waals surface area contributed by atoms with Crippen LogP contribution in [0.15, 0.2) is 16.9 Å². The van der Waals surface area contributed by atoms with Gasteiger partial charge in [-0.15, -0.1) is 0 Å². The summed E-state index contributed by atoms with van der Waals surface area (Å²) in [4.78, 5) is 41.1. The van der Waals surface area contributed by atoms with Gasteiger partial charge < -0.3 is 19.9 Å². The monoisotopic (exact) mass is 321 g/mol. The molecule has 126 valence electrons. The van der Waals surface area contributed by atoms with Crippen molar-refractivity contribution in [3.63, 3.8) is 0 Å². The van der Waals surface area contributed by atoms with Crippen molar-refractivity contribution >= 4 is 11.8 Å². The summed E-state index contributed by atoms with van der Waals surface area (Å²) in [6, 6.07) is 3.23. The second kappa shape index (κ2) is 6.95. The summed E-state index contributed by atoms with van der Waals surface area (Å²) in [5.41, 5.74) is -0.326. The van der Waals surface area contributed by atoms with E-state index in [0.717, 1.165) is 6.42 Å². The lowest BCUT2D eigenvalue weighted by atomic mass is 9.91. The second-order valence-corrected chi connectivity index (χ2v) is 5.95. The topological polar surface area (TPSA) is 91.5 Å². The number of hydrogen-bond donors (Lipinski definition) is 2. The highest BCUT2D eigenvalue weighted by Crippen LogP contribution is 2.34. The molecule has 1 fully saturated rings. The zero-order valence-corrected chi connectivity index (χ0v) is 13.8. The number of nitrogens with zero attached hydrogens (tertiary/aromatic N) is 1. The maximum absolute atomic E-state index is 12.9. The summed E-state index contributed by atoms with van der Waals surface area (Å²) < 4.78 is 5.28. The Balaban J connectivity index is 2.36. The van der Waals surface area contributed by atoms with Crippen LogP contribution >= 0.6 is 0 Å². The van der Waals surface area contributed by atoms with Crippen LogP contribution in [-0.2, 0) is 9.53 Å². The van der Waals surface area contributed by atoms with Gasteiger partial charge in [-0.2, -0.15) is 0 Å². The number of aromatic nitrogens is 1. The third-order valence-corrected chi connectivity index (χ3v) is 4.31. The van der Waals surface area contributed by atoms with Crippen LogP contribution in [0.5, 0.6) is 0 Å². The van der Waals surface area contributed by atoms with Gasteiger partial charge in [0, 0.05) is 26.4 Å². The van der Waals surface area contributed by atoms with E-state index in [2.05, 4.69) is 10.3 Å². The molecule has 0 saturated carbocycles. The largest absolute Gasteiger partial charge is 0.382 e. The highest BCUT2D eigenvalue weighted by Gasteiger charge is 2.45. The van der Waals surface area contributed by atoms with Gasteiger partial charge in [0.2, 0.25) is 5.91 Å². The maximum Gasteiger partial charge on any atom is 0.260 e. The molecule has 1 atom stereocenters. The smallest absolute Gasteiger partial charge is 0.260 e. The second-order valence-electron chi connectivity index (χ2n) is 5.95. The van der Waals surface area contributed by atoms with E-state index >= 15 is 0 Å². The molecule has 0 radical (unpaired) electrons. The first-order valence-electron chi connectivity index (χ1n) is 7.65. The van der Waals surface area contributed by atoms with E-state index in [4.69, 9.17) is 4.74 Å². The summed E-state index contributed by atoms with van der Waals surface area (Å²) in [5.74, 6) is -0.510. The van der Waals surface area contributed by atoms with Crippen molar-refractivity contribution in [3.05, 3.63) is 33.7 Å². The number of H-pyrrole nitrogens is 1. The Hall–Kier alpha value is -2.15. The molecule has 2 amide bonds. The molecule has 2 rings (SSSR count). The molecule has 23 heavy (non-hydrogen) atoms. The molecule has 1 aliphatic heterocycles. The van der Waals surface area contributed by atoms with Crippen LogP contribution in [0.25, 0.3) is 0 Å². The minimum absolute atomic E-state index is 0.0925. The van der Waals surface area contributed by atoms with Crippen molar-refractivity contribution in [2.45, 2.75) is 31.7 Å². The zero-order valence-electron chi connectivity index (χ0n) is 13.8. The quantitative estimate of drug-likeness (QED) is 0.823. The van der Waals surface area contributed by atoms with E-state index in [1.807, 2.05) is 0 Å². The van der Waals surface area contributed by atoms with Crippen LogP contribution in [0.1, 0.15) is 35.3 Å². The van der Waals surface area contributed by atoms with E-state index < -0.39 is 11.1 Å². The number of amides is 2. The number of aryl methyl sites for hydroxylation is 1. The minimum atomic E-state index is -0.705. The van der Waals surface area contributed by atoms with Crippen LogP contribution in [-0.4, -0.2) is 54.5 Å². The first-order valence-corrected chi connectivity index (χ1v) is 7.65. The number of likely N-dealkylation sites (tertiary alicyclic amines) is 1. The lowest BCUT2D eigenvalue weighted by molar-refractivity contribution is -0.123. The number of aromatic amines is 1. The molecule has 0 aliphatic carbocycles. The van der Waals surface area contributed by atoms with Crippen LogP contribution in [0.4, 0.5) is 0 Å². The Kier molecular flexibility index (Phi) is 5.20. The number of carbonyl (C=O) groups is 2. The Bertz CT molecular complexity index is 655. The van der Waals surface area contributed by atoms with Crippen LogP contribution < -0.4 is 10.9 Å². The molecule has 0 unspecified atom stereocenters. The number of pyridine rings is 1. The molecule has 1 aromatic heterocycles. The van der Waals surface area contributed by atoms with Crippen molar-refractivity contribution in [1.82, 2.24) is 15.2 Å². The number of carbonyl (C=O) groups excluding carboxylic acids is 2. The van der Waals surface area contributed by atoms with Gasteiger partial charge in [0.05, 0.1) is 18.6 Å². The number of nitrogens with one attached hydrogen (secondary N) is 2. The summed E-state index contributed by atoms with van der Waals surface area (Å²) >= 11 is 0. The molecule has 0 bridgehead atoms. The fourth-order valence-corrected chi connectivity index (χ4v) is 3.18. The van der Waals surface area contributed by atoms with Crippen LogP contribution in [0.3, 0.4) is 0 Å². The molecule has 1 saturated heterocycles. The highest BCUT2D eigenvalue weighted by molar-refractivity contribution is 5.95. The predicted molar refractivity (Wildman–Crippen MR) is 85.4 cm³/mol. The van der Waals surface area contributed by atoms with Crippen molar-refractivity contribution in [1.29, 1.82) is 0 Å². The first-order chi connectivity index (χ1) is 10.9. The Morgan fingerprint density at radius 1 is 1.43 bits per heavy atom. The Morgan fingerprint density at radius 3 is 2.78 bits per heavy atom. The van der Waals surface area contributed by atoms with E-state index in [-0.39, 0.29) is 30.4 Å². The first kappa shape index (κ1) is 17.2. The fourth-order valence-electron chi connectivity index (χ4n) is 3.18. The molecule has 2 heterocycles. The summed E-state index contributed by atoms with van der Waals surface area (Å²) in [5, 5.41) is 2.59. The van der Waals surface area contributed by atoms with Crippen molar-refractivity contribution in [2.24, 2.45) is 0 Å². The Morgan fingerprint density at radius 2 is 2.17 bits per heavy atom. The molecule has 7 heteroatoms. The van der Waals surface area contributed by atoms with Crippen molar-refractivity contribution in [2.75, 3.05) is 27.3 Å². The van der Waals surface area contributed by atoms with E-state index in [1.54, 1.807) is 32.0 Å². The van der Waals surface area contributed by atoms with Crippen molar-refractivity contribution < 1.29 is 14.3 Å². The number of hydrogen-bond acceptors (Lipinski definition) is 4. The zero-order chi connectivity index (χ0) is 17.0. The van der Waals surface area contributed by atoms with Gasteiger partial charge in [0.15, 0.2) is 0 Å². The maximum atomic E-state index is 12.9. The predicted octanol–water partition coefficient (Wildman–Crippen LogP) is 0.441. The van der Waals surface area contributed by atoms with Gasteiger partial charge in [-0.1, -0.05) is 0 Å². The molecule has 0 aromatic carbocycles. The van der Waals surface area contributed by atoms with Gasteiger partial charge in [0.1, 0.15) is 5.56 Å². The van der Waals surface area contributed by atoms with Gasteiger partial charge in [-0.05, 0) is 31.9 Å². The third-order valence-electron chi connectivity index (χ3n) is 4.31. The van der Waals surface area contributed by atoms with Crippen molar-refractivity contribution in [3.8, 4) is 0 Å². The SMILES string of the molecule is CNC(=O)C[C@]1(COC)CCCN1C(=O)c1ccc(C)[nH]c1=O. The van der Waals surface area contributed by atoms with Crippen LogP contribution in [0.2, 0.25) is 0 Å². The third kappa shape index (κ3) is 3.44. The summed E-state index contributed by atoms with van der Waals surface area (Å²) in [7, 11) is 3.11. The molecule has 7 nitrogen and oxygen atoms in total. The van der Waals surface area contributed by atoms with Gasteiger partial charge >= 0.3 is 0 Å². The fraction of sp³-hybridized carbons (Fsp3) is 0.562. The number of rotatable bonds is 5. The van der Waals surface area contributed by atoms with Gasteiger partial charge in [0.25, 0.3) is 11.5 Å². The minimum Gasteiger partial charge on any atom is -0.382 e. The summed E-state index contributed by atoms with van der Waals surface area (Å²) in [6.07, 6.45) is 1.60. The van der Waals surface area contributed by atoms with E-state index in [1.165, 1.54) is 6.07 Å². The van der Waals surface area contributed by atoms with Gasteiger partial charge in [-0.3, -0.25) is 14.4 Å². The molecular weight excluding hydrogens is 298 g/mol. The molecule has 1 aliphatic rings. The van der Waals surface area contributed by atoms with Crippen LogP contribution in [0, 0.1) is 6.92 Å². The number of ether oxygens (including phenoxy) is 1. The van der Waals surface area contributed by atoms with E-state index in [0.29, 0.717) is 18.7 Å². The lowest BCUT2D eigenvalue weighted by Gasteiger charge is -2.37. The van der Waals surface area contributed by atoms with Gasteiger partial charge in [-0.25, -0.2) is 0 Å². The average molecular weight is 321 g/mol. The molecule has 2 N–H and O–H groups in total. The molecular formula is C16H23N3O4. The normalized spacial score (nSPS) is 20.6. The highest BCUT2D eigenvalue weighted by atomic mass is 16.5. The Labute approximate surface area is 135 Å². The number of methoxy groups -OCH3 is 1.